The summed E-state index contributed by atoms with van der Waals surface area (Å²) in [5, 5.41) is 10.7. The van der Waals surface area contributed by atoms with Crippen molar-refractivity contribution in [2.45, 2.75) is 26.8 Å². The lowest BCUT2D eigenvalue weighted by Gasteiger charge is -2.25. The zero-order chi connectivity index (χ0) is 21.7. The molecule has 0 saturated heterocycles. The van der Waals surface area contributed by atoms with Crippen LogP contribution in [-0.4, -0.2) is 21.8 Å². The number of Topliss-reactive ketones (excluding diaryl/α,β-unsaturated/α-hetero) is 1. The Balaban J connectivity index is 1.93. The van der Waals surface area contributed by atoms with Gasteiger partial charge in [-0.25, -0.2) is 13.8 Å². The van der Waals surface area contributed by atoms with Crippen molar-refractivity contribution in [1.29, 1.82) is 0 Å². The number of nitrogens with zero attached hydrogens (tertiary/aromatic N) is 2. The van der Waals surface area contributed by atoms with E-state index in [1.807, 2.05) is 19.1 Å². The second-order valence-electron chi connectivity index (χ2n) is 7.50. The maximum atomic E-state index is 14.2. The van der Waals surface area contributed by atoms with Crippen molar-refractivity contribution in [3.05, 3.63) is 70.5 Å². The molecule has 154 valence electrons. The molecule has 0 aliphatic carbocycles. The third-order valence-corrected chi connectivity index (χ3v) is 5.97. The number of halogens is 2. The smallest absolute Gasteiger partial charge is 0.296 e. The predicted octanol–water partition coefficient (Wildman–Crippen LogP) is 5.01. The number of aliphatic hydroxyl groups is 1. The number of aromatic nitrogens is 1. The maximum Gasteiger partial charge on any atom is 0.296 e. The quantitative estimate of drug-likeness (QED) is 0.634. The van der Waals surface area contributed by atoms with Crippen LogP contribution in [0.25, 0.3) is 10.2 Å². The van der Waals surface area contributed by atoms with E-state index >= 15 is 0 Å². The normalized spacial score (nSPS) is 16.9. The number of carbonyl (C=O) groups excluding carboxylic acids is 2. The maximum absolute atomic E-state index is 14.2. The number of anilines is 1. The molecule has 1 N–H and O–H groups in total. The summed E-state index contributed by atoms with van der Waals surface area (Å²) >= 11 is 0.918. The van der Waals surface area contributed by atoms with Crippen LogP contribution >= 0.6 is 11.3 Å². The molecule has 1 aliphatic heterocycles. The van der Waals surface area contributed by atoms with E-state index in [2.05, 4.69) is 4.98 Å². The van der Waals surface area contributed by atoms with Crippen LogP contribution in [0, 0.1) is 24.5 Å². The van der Waals surface area contributed by atoms with Crippen LogP contribution in [0.1, 0.15) is 31.0 Å². The summed E-state index contributed by atoms with van der Waals surface area (Å²) in [6.45, 7) is 5.23. The molecule has 0 radical (unpaired) electrons. The van der Waals surface area contributed by atoms with Crippen molar-refractivity contribution >= 4 is 38.4 Å². The Bertz CT molecular complexity index is 1230. The van der Waals surface area contributed by atoms with Gasteiger partial charge in [0.1, 0.15) is 11.3 Å². The van der Waals surface area contributed by atoms with E-state index < -0.39 is 35.3 Å². The van der Waals surface area contributed by atoms with Gasteiger partial charge in [-0.05, 0) is 18.6 Å². The van der Waals surface area contributed by atoms with Gasteiger partial charge >= 0.3 is 0 Å². The Morgan fingerprint density at radius 1 is 1.23 bits per heavy atom. The van der Waals surface area contributed by atoms with E-state index in [9.17, 15) is 23.5 Å². The number of ketones is 1. The standard InChI is InChI=1S/C22H18F2N2O3S/c1-10(2)19(27)16-18(12-6-4-5-11(3)7-12)26(21(29)20(16)28)22-25-17-14(24)8-13(23)9-15(17)30-22/h4-10,18,28H,1-3H3. The highest BCUT2D eigenvalue weighted by atomic mass is 32.1. The van der Waals surface area contributed by atoms with Gasteiger partial charge in [0, 0.05) is 12.0 Å². The fourth-order valence-electron chi connectivity index (χ4n) is 3.57. The zero-order valence-corrected chi connectivity index (χ0v) is 17.3. The number of carbonyl (C=O) groups is 2. The number of rotatable bonds is 4. The van der Waals surface area contributed by atoms with Crippen LogP contribution in [0.5, 0.6) is 0 Å². The topological polar surface area (TPSA) is 70.5 Å². The van der Waals surface area contributed by atoms with Crippen LogP contribution in [0.3, 0.4) is 0 Å². The van der Waals surface area contributed by atoms with E-state index in [0.29, 0.717) is 5.56 Å². The van der Waals surface area contributed by atoms with Gasteiger partial charge in [-0.2, -0.15) is 0 Å². The minimum atomic E-state index is -0.916. The van der Waals surface area contributed by atoms with Gasteiger partial charge in [-0.3, -0.25) is 14.5 Å². The molecule has 0 fully saturated rings. The Morgan fingerprint density at radius 3 is 2.63 bits per heavy atom. The fraction of sp³-hybridized carbons (Fsp3) is 0.227. The molecule has 4 rings (SSSR count). The zero-order valence-electron chi connectivity index (χ0n) is 16.4. The largest absolute Gasteiger partial charge is 0.503 e. The summed E-state index contributed by atoms with van der Waals surface area (Å²) in [6.07, 6.45) is 0. The van der Waals surface area contributed by atoms with Crippen LogP contribution in [0.4, 0.5) is 13.9 Å². The molecule has 30 heavy (non-hydrogen) atoms. The Kier molecular flexibility index (Phi) is 4.89. The van der Waals surface area contributed by atoms with E-state index in [0.717, 1.165) is 29.0 Å². The highest BCUT2D eigenvalue weighted by Gasteiger charge is 2.46. The molecule has 0 spiro atoms. The van der Waals surface area contributed by atoms with Crippen molar-refractivity contribution in [3.63, 3.8) is 0 Å². The molecule has 3 aromatic rings. The van der Waals surface area contributed by atoms with Gasteiger partial charge in [0.15, 0.2) is 22.5 Å². The number of hydrogen-bond donors (Lipinski definition) is 1. The molecule has 1 unspecified atom stereocenters. The molecule has 1 atom stereocenters. The molecular formula is C22H18F2N2O3S. The number of fused-ring (bicyclic) bond motifs is 1. The van der Waals surface area contributed by atoms with E-state index in [-0.39, 0.29) is 26.7 Å². The fourth-order valence-corrected chi connectivity index (χ4v) is 4.60. The Hall–Kier alpha value is -3.13. The highest BCUT2D eigenvalue weighted by molar-refractivity contribution is 7.22. The average Bonchev–Trinajstić information content (AvgIpc) is 3.20. The van der Waals surface area contributed by atoms with Crippen LogP contribution in [0.15, 0.2) is 47.7 Å². The number of hydrogen-bond acceptors (Lipinski definition) is 5. The highest BCUT2D eigenvalue weighted by Crippen LogP contribution is 2.44. The van der Waals surface area contributed by atoms with Gasteiger partial charge in [0.2, 0.25) is 0 Å². The average molecular weight is 428 g/mol. The van der Waals surface area contributed by atoms with Crippen LogP contribution in [-0.2, 0) is 9.59 Å². The molecule has 2 aromatic carbocycles. The Labute approximate surface area is 175 Å². The molecule has 1 aromatic heterocycles. The third-order valence-electron chi connectivity index (χ3n) is 4.96. The number of aliphatic hydroxyl groups excluding tert-OH is 1. The lowest BCUT2D eigenvalue weighted by atomic mass is 9.91. The number of benzene rings is 2. The summed E-state index contributed by atoms with van der Waals surface area (Å²) in [6, 6.07) is 8.15. The van der Waals surface area contributed by atoms with Crippen molar-refractivity contribution in [2.24, 2.45) is 5.92 Å². The first-order valence-electron chi connectivity index (χ1n) is 9.32. The minimum Gasteiger partial charge on any atom is -0.503 e. The molecule has 8 heteroatoms. The summed E-state index contributed by atoms with van der Waals surface area (Å²) in [5.41, 5.74) is 1.42. The summed E-state index contributed by atoms with van der Waals surface area (Å²) < 4.78 is 28.0. The number of amides is 1. The summed E-state index contributed by atoms with van der Waals surface area (Å²) in [4.78, 5) is 31.3. The van der Waals surface area contributed by atoms with Crippen molar-refractivity contribution in [3.8, 4) is 0 Å². The first kappa shape index (κ1) is 20.2. The first-order valence-corrected chi connectivity index (χ1v) is 10.1. The van der Waals surface area contributed by atoms with Crippen molar-refractivity contribution in [1.82, 2.24) is 4.98 Å². The second kappa shape index (κ2) is 7.28. The summed E-state index contributed by atoms with van der Waals surface area (Å²) in [7, 11) is 0. The molecule has 1 amide bonds. The van der Waals surface area contributed by atoms with E-state index in [1.54, 1.807) is 26.0 Å². The lowest BCUT2D eigenvalue weighted by molar-refractivity contribution is -0.119. The van der Waals surface area contributed by atoms with Gasteiger partial charge in [0.25, 0.3) is 5.91 Å². The van der Waals surface area contributed by atoms with Crippen molar-refractivity contribution in [2.75, 3.05) is 4.90 Å². The lowest BCUT2D eigenvalue weighted by Crippen LogP contribution is -2.31. The molecule has 1 aliphatic rings. The van der Waals surface area contributed by atoms with Crippen molar-refractivity contribution < 1.29 is 23.5 Å². The predicted molar refractivity (Wildman–Crippen MR) is 110 cm³/mol. The van der Waals surface area contributed by atoms with Crippen LogP contribution < -0.4 is 4.90 Å². The molecular weight excluding hydrogens is 410 g/mol. The number of thiazole rings is 1. The summed E-state index contributed by atoms with van der Waals surface area (Å²) in [5.74, 6) is -3.87. The van der Waals surface area contributed by atoms with Gasteiger partial charge < -0.3 is 5.11 Å². The third kappa shape index (κ3) is 3.17. The van der Waals surface area contributed by atoms with E-state index in [1.165, 1.54) is 4.90 Å². The van der Waals surface area contributed by atoms with Crippen LogP contribution in [0.2, 0.25) is 0 Å². The van der Waals surface area contributed by atoms with E-state index in [4.69, 9.17) is 0 Å². The number of aryl methyl sites for hydroxylation is 1. The molecule has 0 saturated carbocycles. The van der Waals surface area contributed by atoms with Gasteiger partial charge in [0.05, 0.1) is 16.3 Å². The molecule has 0 bridgehead atoms. The van der Waals surface area contributed by atoms with Gasteiger partial charge in [-0.1, -0.05) is 55.0 Å². The first-order chi connectivity index (χ1) is 14.2. The SMILES string of the molecule is Cc1cccc(C2C(C(=O)C(C)C)=C(O)C(=O)N2c2nc3c(F)cc(F)cc3s2)c1. The van der Waals surface area contributed by atoms with Gasteiger partial charge in [-0.15, -0.1) is 0 Å². The monoisotopic (exact) mass is 428 g/mol. The molecule has 2 heterocycles. The Morgan fingerprint density at radius 2 is 1.97 bits per heavy atom. The second-order valence-corrected chi connectivity index (χ2v) is 8.51. The minimum absolute atomic E-state index is 0.0218. The molecule has 5 nitrogen and oxygen atoms in total.